The molecular formula is C11H19N3O3S. The van der Waals surface area contributed by atoms with Crippen molar-refractivity contribution >= 4 is 10.0 Å². The molecule has 0 amide bonds. The fourth-order valence-electron chi connectivity index (χ4n) is 1.25. The molecule has 0 saturated heterocycles. The Bertz CT molecular complexity index is 448. The van der Waals surface area contributed by atoms with E-state index in [4.69, 9.17) is 10.8 Å². The van der Waals surface area contributed by atoms with Gasteiger partial charge in [0, 0.05) is 30.9 Å². The molecule has 0 radical (unpaired) electrons. The predicted molar refractivity (Wildman–Crippen MR) is 69.4 cm³/mol. The third-order valence-electron chi connectivity index (χ3n) is 2.51. The molecule has 18 heavy (non-hydrogen) atoms. The van der Waals surface area contributed by atoms with Gasteiger partial charge in [-0.3, -0.25) is 4.98 Å². The fraction of sp³-hybridized carbons (Fsp3) is 0.545. The van der Waals surface area contributed by atoms with Gasteiger partial charge in [-0.1, -0.05) is 6.07 Å². The fourth-order valence-corrected chi connectivity index (χ4v) is 2.32. The molecule has 1 heterocycles. The van der Waals surface area contributed by atoms with Crippen LogP contribution in [0.25, 0.3) is 0 Å². The first-order valence-electron chi connectivity index (χ1n) is 5.71. The van der Waals surface area contributed by atoms with Crippen molar-refractivity contribution in [3.05, 3.63) is 30.1 Å². The molecule has 1 aromatic rings. The summed E-state index contributed by atoms with van der Waals surface area (Å²) in [4.78, 5) is 4.05. The predicted octanol–water partition coefficient (Wildman–Crippen LogP) is -0.748. The van der Waals surface area contributed by atoms with E-state index in [-0.39, 0.29) is 12.3 Å². The SMILES string of the molecule is CC(O)C(N)CNS(=O)(=O)CCc1ccccn1. The lowest BCUT2D eigenvalue weighted by atomic mass is 10.2. The number of pyridine rings is 1. The Morgan fingerprint density at radius 1 is 1.50 bits per heavy atom. The number of nitrogens with one attached hydrogen (secondary N) is 1. The van der Waals surface area contributed by atoms with Crippen LogP contribution in [-0.4, -0.2) is 43.0 Å². The largest absolute Gasteiger partial charge is 0.392 e. The molecule has 0 aliphatic heterocycles. The smallest absolute Gasteiger partial charge is 0.212 e. The second kappa shape index (κ2) is 6.79. The highest BCUT2D eigenvalue weighted by atomic mass is 32.2. The number of nitrogens with two attached hydrogens (primary N) is 1. The molecule has 0 aromatic carbocycles. The minimum atomic E-state index is -3.39. The summed E-state index contributed by atoms with van der Waals surface area (Å²) in [6, 6.07) is 4.76. The highest BCUT2D eigenvalue weighted by Gasteiger charge is 2.15. The molecule has 0 bridgehead atoms. The van der Waals surface area contributed by atoms with E-state index in [9.17, 15) is 8.42 Å². The summed E-state index contributed by atoms with van der Waals surface area (Å²) < 4.78 is 25.7. The van der Waals surface area contributed by atoms with Gasteiger partial charge in [-0.05, 0) is 19.1 Å². The number of sulfonamides is 1. The van der Waals surface area contributed by atoms with Gasteiger partial charge in [0.2, 0.25) is 10.0 Å². The van der Waals surface area contributed by atoms with E-state index in [1.54, 1.807) is 18.3 Å². The van der Waals surface area contributed by atoms with E-state index < -0.39 is 22.2 Å². The van der Waals surface area contributed by atoms with Gasteiger partial charge in [0.1, 0.15) is 0 Å². The zero-order chi connectivity index (χ0) is 13.6. The first-order valence-corrected chi connectivity index (χ1v) is 7.37. The van der Waals surface area contributed by atoms with E-state index in [1.165, 1.54) is 6.92 Å². The molecule has 0 aliphatic carbocycles. The van der Waals surface area contributed by atoms with Crippen molar-refractivity contribution in [3.8, 4) is 0 Å². The quantitative estimate of drug-likeness (QED) is 0.606. The molecule has 1 rings (SSSR count). The number of aliphatic hydroxyl groups excluding tert-OH is 1. The Hall–Kier alpha value is -1.02. The lowest BCUT2D eigenvalue weighted by Gasteiger charge is -2.15. The molecule has 0 fully saturated rings. The maximum absolute atomic E-state index is 11.7. The van der Waals surface area contributed by atoms with Gasteiger partial charge in [0.05, 0.1) is 11.9 Å². The van der Waals surface area contributed by atoms with Crippen molar-refractivity contribution < 1.29 is 13.5 Å². The van der Waals surface area contributed by atoms with Crippen molar-refractivity contribution in [2.75, 3.05) is 12.3 Å². The van der Waals surface area contributed by atoms with E-state index in [2.05, 4.69) is 9.71 Å². The highest BCUT2D eigenvalue weighted by Crippen LogP contribution is 1.98. The Morgan fingerprint density at radius 2 is 2.22 bits per heavy atom. The van der Waals surface area contributed by atoms with E-state index in [0.717, 1.165) is 5.69 Å². The van der Waals surface area contributed by atoms with Crippen LogP contribution in [0.4, 0.5) is 0 Å². The number of hydrogen-bond donors (Lipinski definition) is 3. The van der Waals surface area contributed by atoms with Gasteiger partial charge in [-0.25, -0.2) is 13.1 Å². The molecule has 7 heteroatoms. The van der Waals surface area contributed by atoms with Crippen LogP contribution in [-0.2, 0) is 16.4 Å². The molecule has 0 saturated carbocycles. The van der Waals surface area contributed by atoms with Gasteiger partial charge < -0.3 is 10.8 Å². The van der Waals surface area contributed by atoms with Gasteiger partial charge >= 0.3 is 0 Å². The number of rotatable bonds is 7. The number of aliphatic hydroxyl groups is 1. The summed E-state index contributed by atoms with van der Waals surface area (Å²) in [6.07, 6.45) is 1.22. The average molecular weight is 273 g/mol. The minimum Gasteiger partial charge on any atom is -0.392 e. The van der Waals surface area contributed by atoms with Crippen molar-refractivity contribution in [2.24, 2.45) is 5.73 Å². The summed E-state index contributed by atoms with van der Waals surface area (Å²) in [7, 11) is -3.39. The molecule has 1 aromatic heterocycles. The number of aryl methyl sites for hydroxylation is 1. The molecule has 102 valence electrons. The van der Waals surface area contributed by atoms with Crippen molar-refractivity contribution in [3.63, 3.8) is 0 Å². The zero-order valence-corrected chi connectivity index (χ0v) is 11.1. The second-order valence-corrected chi connectivity index (χ2v) is 6.07. The van der Waals surface area contributed by atoms with Gasteiger partial charge in [0.25, 0.3) is 0 Å². The van der Waals surface area contributed by atoms with E-state index in [1.807, 2.05) is 6.07 Å². The van der Waals surface area contributed by atoms with E-state index >= 15 is 0 Å². The molecule has 0 spiro atoms. The van der Waals surface area contributed by atoms with Crippen LogP contribution in [0.5, 0.6) is 0 Å². The highest BCUT2D eigenvalue weighted by molar-refractivity contribution is 7.89. The van der Waals surface area contributed by atoms with Crippen LogP contribution in [0.15, 0.2) is 24.4 Å². The van der Waals surface area contributed by atoms with Crippen LogP contribution in [0.1, 0.15) is 12.6 Å². The van der Waals surface area contributed by atoms with E-state index in [0.29, 0.717) is 6.42 Å². The standard InChI is InChI=1S/C11H19N3O3S/c1-9(15)11(12)8-14-18(16,17)7-5-10-4-2-3-6-13-10/h2-4,6,9,11,14-15H,5,7-8,12H2,1H3. The monoisotopic (exact) mass is 273 g/mol. The third-order valence-corrected chi connectivity index (χ3v) is 3.86. The number of aromatic nitrogens is 1. The summed E-state index contributed by atoms with van der Waals surface area (Å²) >= 11 is 0. The summed E-state index contributed by atoms with van der Waals surface area (Å²) in [6.45, 7) is 1.55. The maximum Gasteiger partial charge on any atom is 0.212 e. The van der Waals surface area contributed by atoms with Crippen molar-refractivity contribution in [1.29, 1.82) is 0 Å². The third kappa shape index (κ3) is 5.54. The zero-order valence-electron chi connectivity index (χ0n) is 10.3. The molecule has 0 aliphatic rings. The normalized spacial score (nSPS) is 15.3. The van der Waals surface area contributed by atoms with Gasteiger partial charge in [0.15, 0.2) is 0 Å². The summed E-state index contributed by atoms with van der Waals surface area (Å²) in [5, 5.41) is 9.16. The summed E-state index contributed by atoms with van der Waals surface area (Å²) in [5.74, 6) is -0.0451. The Morgan fingerprint density at radius 3 is 2.78 bits per heavy atom. The molecule has 4 N–H and O–H groups in total. The molecule has 2 atom stereocenters. The molecule has 6 nitrogen and oxygen atoms in total. The van der Waals surface area contributed by atoms with Crippen molar-refractivity contribution in [1.82, 2.24) is 9.71 Å². The second-order valence-electron chi connectivity index (χ2n) is 4.14. The van der Waals surface area contributed by atoms with Crippen LogP contribution in [0.2, 0.25) is 0 Å². The molecule has 2 unspecified atom stereocenters. The lowest BCUT2D eigenvalue weighted by molar-refractivity contribution is 0.164. The first kappa shape index (κ1) is 15.0. The van der Waals surface area contributed by atoms with Gasteiger partial charge in [-0.15, -0.1) is 0 Å². The molecular weight excluding hydrogens is 254 g/mol. The Kier molecular flexibility index (Phi) is 5.67. The Balaban J connectivity index is 2.41. The summed E-state index contributed by atoms with van der Waals surface area (Å²) in [5.41, 5.74) is 6.27. The first-order chi connectivity index (χ1) is 8.41. The Labute approximate surface area is 107 Å². The van der Waals surface area contributed by atoms with Crippen LogP contribution >= 0.6 is 0 Å². The minimum absolute atomic E-state index is 0.0300. The van der Waals surface area contributed by atoms with Crippen LogP contribution in [0.3, 0.4) is 0 Å². The number of hydrogen-bond acceptors (Lipinski definition) is 5. The van der Waals surface area contributed by atoms with Gasteiger partial charge in [-0.2, -0.15) is 0 Å². The van der Waals surface area contributed by atoms with Crippen LogP contribution < -0.4 is 10.5 Å². The van der Waals surface area contributed by atoms with Crippen LogP contribution in [0, 0.1) is 0 Å². The maximum atomic E-state index is 11.7. The van der Waals surface area contributed by atoms with Crippen molar-refractivity contribution in [2.45, 2.75) is 25.5 Å². The average Bonchev–Trinajstić information content (AvgIpc) is 2.35. The lowest BCUT2D eigenvalue weighted by Crippen LogP contribution is -2.44. The topological polar surface area (TPSA) is 105 Å². The number of nitrogens with zero attached hydrogens (tertiary/aromatic N) is 1.